The molecule has 10 heavy (non-hydrogen) atoms. The monoisotopic (exact) mass is 142 g/mol. The van der Waals surface area contributed by atoms with E-state index in [0.29, 0.717) is 6.04 Å². The molecule has 0 aromatic heterocycles. The molecular formula is C7H14N2O. The van der Waals surface area contributed by atoms with Crippen LogP contribution in [-0.4, -0.2) is 37.5 Å². The van der Waals surface area contributed by atoms with Crippen molar-refractivity contribution in [2.75, 3.05) is 20.6 Å². The van der Waals surface area contributed by atoms with Crippen LogP contribution < -0.4 is 5.32 Å². The Morgan fingerprint density at radius 2 is 2.30 bits per heavy atom. The summed E-state index contributed by atoms with van der Waals surface area (Å²) in [5.74, 6) is 0.483. The highest BCUT2D eigenvalue weighted by atomic mass is 16.2. The minimum atomic E-state index is 0.218. The summed E-state index contributed by atoms with van der Waals surface area (Å²) in [5.41, 5.74) is 0. The van der Waals surface area contributed by atoms with Gasteiger partial charge in [-0.25, -0.2) is 0 Å². The van der Waals surface area contributed by atoms with E-state index >= 15 is 0 Å². The van der Waals surface area contributed by atoms with E-state index in [1.54, 1.807) is 4.90 Å². The van der Waals surface area contributed by atoms with E-state index in [0.717, 1.165) is 6.54 Å². The quantitative estimate of drug-likeness (QED) is 0.536. The number of carbonyl (C=O) groups is 1. The van der Waals surface area contributed by atoms with Crippen molar-refractivity contribution in [1.29, 1.82) is 0 Å². The molecule has 0 spiro atoms. The highest BCUT2D eigenvalue weighted by Gasteiger charge is 2.40. The molecule has 2 unspecified atom stereocenters. The average molecular weight is 142 g/mol. The molecule has 0 bridgehead atoms. The lowest BCUT2D eigenvalue weighted by molar-refractivity contribution is -0.151. The third kappa shape index (κ3) is 0.904. The maximum atomic E-state index is 11.0. The zero-order valence-corrected chi connectivity index (χ0v) is 6.72. The van der Waals surface area contributed by atoms with Crippen molar-refractivity contribution in [3.05, 3.63) is 0 Å². The van der Waals surface area contributed by atoms with Crippen LogP contribution in [0.15, 0.2) is 0 Å². The molecule has 3 nitrogen and oxygen atoms in total. The smallest absolute Gasteiger partial charge is 0.229 e. The molecule has 1 saturated heterocycles. The van der Waals surface area contributed by atoms with Crippen molar-refractivity contribution >= 4 is 5.91 Å². The van der Waals surface area contributed by atoms with Crippen LogP contribution in [0.5, 0.6) is 0 Å². The first-order valence-corrected chi connectivity index (χ1v) is 3.59. The molecule has 0 radical (unpaired) electrons. The Kier molecular flexibility index (Phi) is 1.94. The second-order valence-electron chi connectivity index (χ2n) is 2.85. The highest BCUT2D eigenvalue weighted by molar-refractivity contribution is 5.85. The van der Waals surface area contributed by atoms with Crippen LogP contribution in [0.25, 0.3) is 0 Å². The molecule has 2 atom stereocenters. The van der Waals surface area contributed by atoms with Gasteiger partial charge in [0.2, 0.25) is 5.91 Å². The van der Waals surface area contributed by atoms with E-state index in [4.69, 9.17) is 0 Å². The van der Waals surface area contributed by atoms with Crippen LogP contribution in [0.1, 0.15) is 6.92 Å². The van der Waals surface area contributed by atoms with Crippen LogP contribution >= 0.6 is 0 Å². The highest BCUT2D eigenvalue weighted by Crippen LogP contribution is 2.22. The van der Waals surface area contributed by atoms with Crippen LogP contribution in [-0.2, 0) is 4.79 Å². The number of nitrogens with zero attached hydrogens (tertiary/aromatic N) is 1. The predicted octanol–water partition coefficient (Wildman–Crippen LogP) is -0.317. The zero-order chi connectivity index (χ0) is 7.72. The van der Waals surface area contributed by atoms with Crippen molar-refractivity contribution in [2.24, 2.45) is 5.92 Å². The third-order valence-electron chi connectivity index (χ3n) is 2.28. The van der Waals surface area contributed by atoms with Crippen LogP contribution in [0.3, 0.4) is 0 Å². The van der Waals surface area contributed by atoms with E-state index < -0.39 is 0 Å². The lowest BCUT2D eigenvalue weighted by Gasteiger charge is -2.42. The van der Waals surface area contributed by atoms with Gasteiger partial charge in [0.05, 0.1) is 5.92 Å². The Hall–Kier alpha value is -0.570. The first-order valence-electron chi connectivity index (χ1n) is 3.59. The summed E-state index contributed by atoms with van der Waals surface area (Å²) in [6.07, 6.45) is 0. The summed E-state index contributed by atoms with van der Waals surface area (Å²) in [4.78, 5) is 12.8. The molecule has 0 aromatic rings. The second-order valence-corrected chi connectivity index (χ2v) is 2.85. The van der Waals surface area contributed by atoms with Gasteiger partial charge in [-0.1, -0.05) is 0 Å². The normalized spacial score (nSPS) is 32.3. The fourth-order valence-electron chi connectivity index (χ4n) is 1.33. The Labute approximate surface area is 61.4 Å². The predicted molar refractivity (Wildman–Crippen MR) is 39.6 cm³/mol. The summed E-state index contributed by atoms with van der Waals surface area (Å²) in [6, 6.07) is 0.417. The summed E-state index contributed by atoms with van der Waals surface area (Å²) >= 11 is 0. The van der Waals surface area contributed by atoms with Gasteiger partial charge in [-0.05, 0) is 14.0 Å². The van der Waals surface area contributed by atoms with Gasteiger partial charge in [-0.2, -0.15) is 0 Å². The Bertz CT molecular complexity index is 147. The van der Waals surface area contributed by atoms with Crippen molar-refractivity contribution in [1.82, 2.24) is 10.2 Å². The number of rotatable bonds is 2. The zero-order valence-electron chi connectivity index (χ0n) is 6.72. The summed E-state index contributed by atoms with van der Waals surface area (Å²) in [5, 5.41) is 3.00. The van der Waals surface area contributed by atoms with Gasteiger partial charge >= 0.3 is 0 Å². The summed E-state index contributed by atoms with van der Waals surface area (Å²) in [7, 11) is 3.72. The molecule has 58 valence electrons. The molecule has 1 heterocycles. The average Bonchev–Trinajstić information content (AvgIpc) is 1.98. The number of amides is 1. The number of carbonyl (C=O) groups excluding carboxylic acids is 1. The van der Waals surface area contributed by atoms with Gasteiger partial charge in [-0.3, -0.25) is 4.79 Å². The number of likely N-dealkylation sites (tertiary alicyclic amines) is 1. The molecule has 1 rings (SSSR count). The SMILES string of the molecule is CNCC1C(=O)N(C)C1C. The molecule has 1 amide bonds. The topological polar surface area (TPSA) is 32.3 Å². The number of nitrogens with one attached hydrogen (secondary N) is 1. The van der Waals surface area contributed by atoms with Gasteiger partial charge in [0.15, 0.2) is 0 Å². The van der Waals surface area contributed by atoms with Gasteiger partial charge < -0.3 is 10.2 Å². The largest absolute Gasteiger partial charge is 0.342 e. The molecule has 0 aromatic carbocycles. The summed E-state index contributed by atoms with van der Waals surface area (Å²) < 4.78 is 0. The van der Waals surface area contributed by atoms with Gasteiger partial charge in [-0.15, -0.1) is 0 Å². The minimum absolute atomic E-state index is 0.218. The van der Waals surface area contributed by atoms with Gasteiger partial charge in [0.1, 0.15) is 0 Å². The van der Waals surface area contributed by atoms with Crippen LogP contribution in [0, 0.1) is 5.92 Å². The molecule has 0 aliphatic carbocycles. The molecule has 0 saturated carbocycles. The van der Waals surface area contributed by atoms with E-state index in [-0.39, 0.29) is 11.8 Å². The first kappa shape index (κ1) is 7.54. The lowest BCUT2D eigenvalue weighted by Crippen LogP contribution is -2.60. The molecular weight excluding hydrogens is 128 g/mol. The minimum Gasteiger partial charge on any atom is -0.342 e. The summed E-state index contributed by atoms with van der Waals surface area (Å²) in [6.45, 7) is 2.88. The number of hydrogen-bond donors (Lipinski definition) is 1. The van der Waals surface area contributed by atoms with E-state index in [1.807, 2.05) is 14.1 Å². The van der Waals surface area contributed by atoms with Crippen LogP contribution in [0.2, 0.25) is 0 Å². The lowest BCUT2D eigenvalue weighted by atomic mass is 9.90. The molecule has 1 aliphatic rings. The Morgan fingerprint density at radius 3 is 2.70 bits per heavy atom. The van der Waals surface area contributed by atoms with Crippen molar-refractivity contribution in [3.63, 3.8) is 0 Å². The molecule has 1 aliphatic heterocycles. The van der Waals surface area contributed by atoms with Crippen molar-refractivity contribution in [3.8, 4) is 0 Å². The third-order valence-corrected chi connectivity index (χ3v) is 2.28. The Balaban J connectivity index is 2.42. The van der Waals surface area contributed by atoms with E-state index in [2.05, 4.69) is 12.2 Å². The maximum Gasteiger partial charge on any atom is 0.229 e. The first-order chi connectivity index (χ1) is 4.68. The van der Waals surface area contributed by atoms with E-state index in [9.17, 15) is 4.79 Å². The fraction of sp³-hybridized carbons (Fsp3) is 0.857. The molecule has 1 N–H and O–H groups in total. The van der Waals surface area contributed by atoms with Gasteiger partial charge in [0.25, 0.3) is 0 Å². The van der Waals surface area contributed by atoms with Crippen molar-refractivity contribution in [2.45, 2.75) is 13.0 Å². The van der Waals surface area contributed by atoms with E-state index in [1.165, 1.54) is 0 Å². The molecule has 3 heteroatoms. The molecule has 1 fully saturated rings. The van der Waals surface area contributed by atoms with Crippen LogP contribution in [0.4, 0.5) is 0 Å². The number of hydrogen-bond acceptors (Lipinski definition) is 2. The van der Waals surface area contributed by atoms with Crippen molar-refractivity contribution < 1.29 is 4.79 Å². The van der Waals surface area contributed by atoms with Gasteiger partial charge in [0, 0.05) is 19.6 Å². The standard InChI is InChI=1S/C7H14N2O/c1-5-6(4-8-2)7(10)9(5)3/h5-6,8H,4H2,1-3H3. The Morgan fingerprint density at radius 1 is 1.70 bits per heavy atom. The fourth-order valence-corrected chi connectivity index (χ4v) is 1.33. The number of β-lactam (4-membered cyclic amide) rings is 1. The second kappa shape index (κ2) is 2.58. The maximum absolute atomic E-state index is 11.0.